The highest BCUT2D eigenvalue weighted by Crippen LogP contribution is 2.29. The zero-order valence-corrected chi connectivity index (χ0v) is 15.8. The third-order valence-electron chi connectivity index (χ3n) is 3.72. The number of rotatable bonds is 5. The summed E-state index contributed by atoms with van der Waals surface area (Å²) in [6.45, 7) is 8.19. The van der Waals surface area contributed by atoms with Gasteiger partial charge in [0, 0.05) is 23.4 Å². The molecule has 0 spiro atoms. The molecular formula is C17H16ClN3OS2. The fourth-order valence-corrected chi connectivity index (χ4v) is 4.47. The number of thioether (sulfide) groups is 1. The van der Waals surface area contributed by atoms with Gasteiger partial charge < -0.3 is 0 Å². The molecule has 0 aliphatic heterocycles. The predicted molar refractivity (Wildman–Crippen MR) is 102 cm³/mol. The van der Waals surface area contributed by atoms with Gasteiger partial charge in [0.25, 0.3) is 5.56 Å². The Morgan fingerprint density at radius 2 is 2.21 bits per heavy atom. The highest BCUT2D eigenvalue weighted by molar-refractivity contribution is 7.98. The van der Waals surface area contributed by atoms with Gasteiger partial charge in [-0.05, 0) is 31.0 Å². The minimum Gasteiger partial charge on any atom is -0.283 e. The number of nitrogens with zero attached hydrogens (tertiary/aromatic N) is 3. The molecule has 0 radical (unpaired) electrons. The molecule has 3 aromatic heterocycles. The van der Waals surface area contributed by atoms with Gasteiger partial charge in [-0.15, -0.1) is 17.9 Å². The van der Waals surface area contributed by atoms with Crippen LogP contribution in [0.5, 0.6) is 0 Å². The molecule has 24 heavy (non-hydrogen) atoms. The van der Waals surface area contributed by atoms with Gasteiger partial charge in [0.05, 0.1) is 5.39 Å². The summed E-state index contributed by atoms with van der Waals surface area (Å²) >= 11 is 8.89. The van der Waals surface area contributed by atoms with Crippen molar-refractivity contribution in [1.82, 2.24) is 14.5 Å². The summed E-state index contributed by atoms with van der Waals surface area (Å²) in [6.07, 6.45) is 3.46. The van der Waals surface area contributed by atoms with Crippen molar-refractivity contribution in [2.45, 2.75) is 31.3 Å². The summed E-state index contributed by atoms with van der Waals surface area (Å²) in [5.74, 6) is 0.669. The van der Waals surface area contributed by atoms with Gasteiger partial charge in [-0.2, -0.15) is 0 Å². The summed E-state index contributed by atoms with van der Waals surface area (Å²) < 4.78 is 1.68. The number of halogens is 1. The first kappa shape index (κ1) is 17.2. The second-order valence-corrected chi connectivity index (χ2v) is 7.87. The molecule has 0 saturated heterocycles. The average Bonchev–Trinajstić information content (AvgIpc) is 2.85. The van der Waals surface area contributed by atoms with Gasteiger partial charge in [0.1, 0.15) is 9.98 Å². The number of hydrogen-bond donors (Lipinski definition) is 0. The van der Waals surface area contributed by atoms with E-state index in [4.69, 9.17) is 16.6 Å². The molecular weight excluding hydrogens is 362 g/mol. The predicted octanol–water partition coefficient (Wildman–Crippen LogP) is 4.60. The Kier molecular flexibility index (Phi) is 5.08. The van der Waals surface area contributed by atoms with E-state index >= 15 is 0 Å². The van der Waals surface area contributed by atoms with Crippen molar-refractivity contribution >= 4 is 44.9 Å². The third-order valence-corrected chi connectivity index (χ3v) is 6.09. The fraction of sp³-hybridized carbons (Fsp3) is 0.235. The van der Waals surface area contributed by atoms with E-state index in [1.807, 2.05) is 19.9 Å². The average molecular weight is 378 g/mol. The van der Waals surface area contributed by atoms with Gasteiger partial charge in [-0.25, -0.2) is 9.97 Å². The summed E-state index contributed by atoms with van der Waals surface area (Å²) in [7, 11) is 0. The number of thiophene rings is 1. The Balaban J connectivity index is 2.02. The molecule has 0 saturated carbocycles. The van der Waals surface area contributed by atoms with Crippen molar-refractivity contribution in [1.29, 1.82) is 0 Å². The van der Waals surface area contributed by atoms with Gasteiger partial charge in [-0.3, -0.25) is 9.36 Å². The van der Waals surface area contributed by atoms with Crippen LogP contribution in [-0.2, 0) is 12.3 Å². The van der Waals surface area contributed by atoms with Crippen LogP contribution in [0.4, 0.5) is 0 Å². The lowest BCUT2D eigenvalue weighted by Gasteiger charge is -2.10. The van der Waals surface area contributed by atoms with Crippen molar-refractivity contribution in [3.63, 3.8) is 0 Å². The minimum absolute atomic E-state index is 0.00141. The first-order chi connectivity index (χ1) is 11.5. The number of pyridine rings is 1. The highest BCUT2D eigenvalue weighted by Gasteiger charge is 2.16. The van der Waals surface area contributed by atoms with E-state index in [2.05, 4.69) is 11.6 Å². The molecule has 0 N–H and O–H groups in total. The van der Waals surface area contributed by atoms with E-state index in [0.29, 0.717) is 22.6 Å². The second-order valence-electron chi connectivity index (χ2n) is 5.34. The Morgan fingerprint density at radius 1 is 1.42 bits per heavy atom. The molecule has 0 fully saturated rings. The maximum absolute atomic E-state index is 12.9. The van der Waals surface area contributed by atoms with Crippen LogP contribution in [0.25, 0.3) is 10.2 Å². The fourth-order valence-electron chi connectivity index (χ4n) is 2.35. The van der Waals surface area contributed by atoms with Gasteiger partial charge in [0.2, 0.25) is 0 Å². The quantitative estimate of drug-likeness (QED) is 0.282. The SMILES string of the molecule is C=CCn1c(SCc2ccc(Cl)nc2)nc2sc(C)c(C)c2c1=O. The Bertz CT molecular complexity index is 961. The lowest BCUT2D eigenvalue weighted by Crippen LogP contribution is -2.22. The first-order valence-electron chi connectivity index (χ1n) is 7.36. The Labute approximate surface area is 153 Å². The van der Waals surface area contributed by atoms with Crippen LogP contribution in [0.2, 0.25) is 5.15 Å². The van der Waals surface area contributed by atoms with E-state index in [1.54, 1.807) is 34.2 Å². The zero-order chi connectivity index (χ0) is 17.3. The number of aryl methyl sites for hydroxylation is 2. The van der Waals surface area contributed by atoms with Crippen molar-refractivity contribution in [3.05, 3.63) is 62.5 Å². The topological polar surface area (TPSA) is 47.8 Å². The van der Waals surface area contributed by atoms with Crippen molar-refractivity contribution in [3.8, 4) is 0 Å². The van der Waals surface area contributed by atoms with Crippen LogP contribution in [0.3, 0.4) is 0 Å². The minimum atomic E-state index is -0.00141. The summed E-state index contributed by atoms with van der Waals surface area (Å²) in [4.78, 5) is 23.6. The summed E-state index contributed by atoms with van der Waals surface area (Å²) in [5.41, 5.74) is 2.05. The maximum Gasteiger partial charge on any atom is 0.263 e. The molecule has 3 heterocycles. The van der Waals surface area contributed by atoms with Crippen LogP contribution in [0.1, 0.15) is 16.0 Å². The van der Waals surface area contributed by atoms with E-state index in [-0.39, 0.29) is 5.56 Å². The molecule has 0 aliphatic rings. The molecule has 3 aromatic rings. The Morgan fingerprint density at radius 3 is 2.88 bits per heavy atom. The monoisotopic (exact) mass is 377 g/mol. The molecule has 124 valence electrons. The molecule has 0 aliphatic carbocycles. The lowest BCUT2D eigenvalue weighted by molar-refractivity contribution is 0.672. The first-order valence-corrected chi connectivity index (χ1v) is 9.54. The number of aromatic nitrogens is 3. The second kappa shape index (κ2) is 7.09. The maximum atomic E-state index is 12.9. The normalized spacial score (nSPS) is 11.1. The lowest BCUT2D eigenvalue weighted by atomic mass is 10.2. The largest absolute Gasteiger partial charge is 0.283 e. The van der Waals surface area contributed by atoms with Gasteiger partial charge in [-0.1, -0.05) is 35.5 Å². The van der Waals surface area contributed by atoms with Crippen LogP contribution in [0, 0.1) is 13.8 Å². The Hall–Kier alpha value is -1.63. The molecule has 0 amide bonds. The van der Waals surface area contributed by atoms with Crippen LogP contribution in [-0.4, -0.2) is 14.5 Å². The molecule has 7 heteroatoms. The van der Waals surface area contributed by atoms with Gasteiger partial charge >= 0.3 is 0 Å². The number of hydrogen-bond acceptors (Lipinski definition) is 5. The van der Waals surface area contributed by atoms with E-state index < -0.39 is 0 Å². The van der Waals surface area contributed by atoms with Crippen molar-refractivity contribution in [2.24, 2.45) is 0 Å². The summed E-state index contributed by atoms with van der Waals surface area (Å²) in [5, 5.41) is 1.89. The third kappa shape index (κ3) is 3.27. The molecule has 0 aromatic carbocycles. The zero-order valence-electron chi connectivity index (χ0n) is 13.4. The number of allylic oxidation sites excluding steroid dienone is 1. The summed E-state index contributed by atoms with van der Waals surface area (Å²) in [6, 6.07) is 3.69. The van der Waals surface area contributed by atoms with E-state index in [1.165, 1.54) is 11.8 Å². The molecule has 0 atom stereocenters. The van der Waals surface area contributed by atoms with Crippen molar-refractivity contribution in [2.75, 3.05) is 0 Å². The van der Waals surface area contributed by atoms with Crippen molar-refractivity contribution < 1.29 is 0 Å². The number of fused-ring (bicyclic) bond motifs is 1. The molecule has 0 bridgehead atoms. The highest BCUT2D eigenvalue weighted by atomic mass is 35.5. The molecule has 3 rings (SSSR count). The van der Waals surface area contributed by atoms with E-state index in [9.17, 15) is 4.79 Å². The smallest absolute Gasteiger partial charge is 0.263 e. The molecule has 0 unspecified atom stereocenters. The standard InChI is InChI=1S/C17H16ClN3OS2/c1-4-7-21-16(22)14-10(2)11(3)24-15(14)20-17(21)23-9-12-5-6-13(18)19-8-12/h4-6,8H,1,7,9H2,2-3H3. The van der Waals surface area contributed by atoms with Crippen LogP contribution in [0.15, 0.2) is 40.9 Å². The van der Waals surface area contributed by atoms with Crippen LogP contribution >= 0.6 is 34.7 Å². The van der Waals surface area contributed by atoms with E-state index in [0.717, 1.165) is 26.2 Å². The molecule has 4 nitrogen and oxygen atoms in total. The van der Waals surface area contributed by atoms with Gasteiger partial charge in [0.15, 0.2) is 5.16 Å². The van der Waals surface area contributed by atoms with Crippen LogP contribution < -0.4 is 5.56 Å².